The van der Waals surface area contributed by atoms with Crippen LogP contribution in [0.1, 0.15) is 47.8 Å². The third-order valence-electron chi connectivity index (χ3n) is 6.50. The molecule has 34 heavy (non-hydrogen) atoms. The van der Waals surface area contributed by atoms with Crippen LogP contribution in [0.15, 0.2) is 94.9 Å². The van der Waals surface area contributed by atoms with Gasteiger partial charge in [-0.25, -0.2) is 14.9 Å². The molecule has 1 aliphatic rings. The third kappa shape index (κ3) is 4.57. The highest BCUT2D eigenvalue weighted by atomic mass is 28.4. The molecule has 1 heterocycles. The molecule has 4 rings (SSSR count). The van der Waals surface area contributed by atoms with Crippen molar-refractivity contribution in [1.29, 1.82) is 0 Å². The molecule has 0 N–H and O–H groups in total. The van der Waals surface area contributed by atoms with Crippen molar-refractivity contribution in [3.8, 4) is 0 Å². The number of aldehydes is 1. The molecule has 0 amide bonds. The molecule has 1 atom stereocenters. The SMILES string of the molecule is CC(C)(C)[Si](C)(C)OOC1(c2ccccc2)N=C(c2ccc(C=O)cc2)N=C1c1ccccc1. The maximum Gasteiger partial charge on any atom is 0.261 e. The van der Waals surface area contributed by atoms with E-state index in [2.05, 4.69) is 33.9 Å². The topological polar surface area (TPSA) is 60.2 Å². The van der Waals surface area contributed by atoms with Crippen LogP contribution >= 0.6 is 0 Å². The second kappa shape index (κ2) is 9.22. The Kier molecular flexibility index (Phi) is 6.49. The van der Waals surface area contributed by atoms with Crippen LogP contribution in [0, 0.1) is 0 Å². The maximum atomic E-state index is 11.1. The van der Waals surface area contributed by atoms with E-state index in [9.17, 15) is 4.79 Å². The molecule has 0 saturated carbocycles. The predicted octanol–water partition coefficient (Wildman–Crippen LogP) is 6.56. The first-order valence-corrected chi connectivity index (χ1v) is 14.3. The van der Waals surface area contributed by atoms with Crippen molar-refractivity contribution in [1.82, 2.24) is 0 Å². The van der Waals surface area contributed by atoms with E-state index >= 15 is 0 Å². The average Bonchev–Trinajstić information content (AvgIpc) is 3.24. The van der Waals surface area contributed by atoms with Crippen LogP contribution < -0.4 is 0 Å². The van der Waals surface area contributed by atoms with E-state index in [4.69, 9.17) is 19.4 Å². The first-order valence-electron chi connectivity index (χ1n) is 11.4. The Bertz CT molecular complexity index is 1210. The van der Waals surface area contributed by atoms with E-state index in [1.165, 1.54) is 0 Å². The van der Waals surface area contributed by atoms with Gasteiger partial charge in [0.2, 0.25) is 8.32 Å². The van der Waals surface area contributed by atoms with Gasteiger partial charge in [0.1, 0.15) is 12.0 Å². The van der Waals surface area contributed by atoms with E-state index in [0.29, 0.717) is 17.1 Å². The predicted molar refractivity (Wildman–Crippen MR) is 139 cm³/mol. The molecule has 6 heteroatoms. The summed E-state index contributed by atoms with van der Waals surface area (Å²) in [5, 5.41) is -0.0509. The van der Waals surface area contributed by atoms with Crippen LogP contribution in [0.4, 0.5) is 0 Å². The highest BCUT2D eigenvalue weighted by Crippen LogP contribution is 2.42. The minimum Gasteiger partial charge on any atom is -0.298 e. The molecule has 0 bridgehead atoms. The van der Waals surface area contributed by atoms with Crippen LogP contribution in [-0.4, -0.2) is 26.2 Å². The summed E-state index contributed by atoms with van der Waals surface area (Å²) in [4.78, 5) is 27.6. The van der Waals surface area contributed by atoms with Gasteiger partial charge in [-0.05, 0) is 18.1 Å². The van der Waals surface area contributed by atoms with E-state index in [1.54, 1.807) is 12.1 Å². The van der Waals surface area contributed by atoms with Crippen molar-refractivity contribution in [2.45, 2.75) is 44.6 Å². The van der Waals surface area contributed by atoms with Crippen molar-refractivity contribution < 1.29 is 14.3 Å². The minimum atomic E-state index is -2.28. The van der Waals surface area contributed by atoms with Crippen molar-refractivity contribution >= 4 is 26.2 Å². The Labute approximate surface area is 202 Å². The van der Waals surface area contributed by atoms with Gasteiger partial charge in [0, 0.05) is 22.3 Å². The Morgan fingerprint density at radius 2 is 1.41 bits per heavy atom. The quantitative estimate of drug-likeness (QED) is 0.170. The number of carbonyl (C=O) groups is 1. The van der Waals surface area contributed by atoms with Gasteiger partial charge < -0.3 is 0 Å². The van der Waals surface area contributed by atoms with Crippen LogP contribution in [-0.2, 0) is 15.2 Å². The monoisotopic (exact) mass is 470 g/mol. The summed E-state index contributed by atoms with van der Waals surface area (Å²) < 4.78 is 6.31. The van der Waals surface area contributed by atoms with Gasteiger partial charge in [-0.3, -0.25) is 9.37 Å². The van der Waals surface area contributed by atoms with E-state index in [-0.39, 0.29) is 5.04 Å². The molecule has 1 aliphatic heterocycles. The normalized spacial score (nSPS) is 18.4. The first-order chi connectivity index (χ1) is 16.2. The molecule has 174 valence electrons. The lowest BCUT2D eigenvalue weighted by atomic mass is 9.93. The lowest BCUT2D eigenvalue weighted by molar-refractivity contribution is -0.282. The Morgan fingerprint density at radius 3 is 1.97 bits per heavy atom. The molecular formula is C28H30N2O3Si. The fourth-order valence-corrected chi connectivity index (χ4v) is 3.94. The molecule has 3 aromatic carbocycles. The summed E-state index contributed by atoms with van der Waals surface area (Å²) in [6.07, 6.45) is 0.823. The zero-order chi connectivity index (χ0) is 24.4. The summed E-state index contributed by atoms with van der Waals surface area (Å²) in [6, 6.07) is 27.0. The fraction of sp³-hybridized carbons (Fsp3) is 0.250. The van der Waals surface area contributed by atoms with Crippen molar-refractivity contribution in [3.05, 3.63) is 107 Å². The lowest BCUT2D eigenvalue weighted by Gasteiger charge is -2.38. The Balaban J connectivity index is 1.89. The van der Waals surface area contributed by atoms with Crippen molar-refractivity contribution in [3.63, 3.8) is 0 Å². The van der Waals surface area contributed by atoms with E-state index in [1.807, 2.05) is 72.8 Å². The number of amidine groups is 1. The smallest absolute Gasteiger partial charge is 0.261 e. The first kappa shape index (κ1) is 23.9. The van der Waals surface area contributed by atoms with Crippen LogP contribution in [0.2, 0.25) is 18.1 Å². The molecule has 0 saturated heterocycles. The molecule has 3 aromatic rings. The molecule has 5 nitrogen and oxygen atoms in total. The fourth-order valence-electron chi connectivity index (χ4n) is 3.37. The second-order valence-electron chi connectivity index (χ2n) is 9.94. The molecule has 0 fully saturated rings. The van der Waals surface area contributed by atoms with Crippen LogP contribution in [0.25, 0.3) is 0 Å². The van der Waals surface area contributed by atoms with Gasteiger partial charge in [-0.15, -0.1) is 0 Å². The minimum absolute atomic E-state index is 0.0509. The Morgan fingerprint density at radius 1 is 0.824 bits per heavy atom. The number of benzene rings is 3. The highest BCUT2D eigenvalue weighted by molar-refractivity contribution is 6.73. The molecule has 0 radical (unpaired) electrons. The third-order valence-corrected chi connectivity index (χ3v) is 10.6. The maximum absolute atomic E-state index is 11.1. The number of aliphatic imine (C=N–C) groups is 2. The molecular weight excluding hydrogens is 440 g/mol. The number of hydrogen-bond acceptors (Lipinski definition) is 5. The van der Waals surface area contributed by atoms with Crippen LogP contribution in [0.3, 0.4) is 0 Å². The summed E-state index contributed by atoms with van der Waals surface area (Å²) in [5.41, 5.74) is 2.52. The standard InChI is InChI=1S/C28H30N2O3Si/c1-27(2,3)34(4,5)33-32-28(24-14-10-7-11-15-24)25(22-12-8-6-9-13-22)29-26(30-28)23-18-16-21(20-31)17-19-23/h6-20H,1-5H3. The molecule has 0 aliphatic carbocycles. The average molecular weight is 471 g/mol. The number of rotatable bonds is 7. The number of carbonyl (C=O) groups excluding carboxylic acids is 1. The molecule has 0 aromatic heterocycles. The summed E-state index contributed by atoms with van der Waals surface area (Å²) in [6.45, 7) is 10.8. The zero-order valence-corrected chi connectivity index (χ0v) is 21.3. The van der Waals surface area contributed by atoms with Crippen LogP contribution in [0.5, 0.6) is 0 Å². The lowest BCUT2D eigenvalue weighted by Crippen LogP contribution is -2.45. The summed E-state index contributed by atoms with van der Waals surface area (Å²) >= 11 is 0. The summed E-state index contributed by atoms with van der Waals surface area (Å²) in [7, 11) is -2.28. The van der Waals surface area contributed by atoms with Gasteiger partial charge >= 0.3 is 0 Å². The Hall–Kier alpha value is -3.19. The van der Waals surface area contributed by atoms with Gasteiger partial charge in [0.25, 0.3) is 5.72 Å². The zero-order valence-electron chi connectivity index (χ0n) is 20.3. The van der Waals surface area contributed by atoms with E-state index in [0.717, 1.165) is 23.0 Å². The molecule has 0 spiro atoms. The largest absolute Gasteiger partial charge is 0.298 e. The van der Waals surface area contributed by atoms with E-state index < -0.39 is 14.0 Å². The molecule has 1 unspecified atom stereocenters. The van der Waals surface area contributed by atoms with Gasteiger partial charge in [0.15, 0.2) is 5.84 Å². The number of hydrogen-bond donors (Lipinski definition) is 0. The van der Waals surface area contributed by atoms with Gasteiger partial charge in [-0.2, -0.15) is 0 Å². The van der Waals surface area contributed by atoms with Gasteiger partial charge in [-0.1, -0.05) is 106 Å². The highest BCUT2D eigenvalue weighted by Gasteiger charge is 2.49. The van der Waals surface area contributed by atoms with Crippen molar-refractivity contribution in [2.75, 3.05) is 0 Å². The van der Waals surface area contributed by atoms with Gasteiger partial charge in [0.05, 0.1) is 0 Å². The number of nitrogens with zero attached hydrogens (tertiary/aromatic N) is 2. The summed E-state index contributed by atoms with van der Waals surface area (Å²) in [5.74, 6) is 0.527. The second-order valence-corrected chi connectivity index (χ2v) is 14.6. The van der Waals surface area contributed by atoms with Crippen molar-refractivity contribution in [2.24, 2.45) is 9.98 Å².